The molecule has 0 N–H and O–H groups in total. The van der Waals surface area contributed by atoms with Gasteiger partial charge >= 0.3 is 0 Å². The van der Waals surface area contributed by atoms with Gasteiger partial charge in [0.25, 0.3) is 0 Å². The van der Waals surface area contributed by atoms with Crippen molar-refractivity contribution in [1.29, 1.82) is 0 Å². The molecule has 0 aromatic rings. The fraction of sp³-hybridized carbons (Fsp3) is 0.929. The van der Waals surface area contributed by atoms with Gasteiger partial charge in [0.15, 0.2) is 0 Å². The van der Waals surface area contributed by atoms with E-state index in [0.717, 1.165) is 30.1 Å². The minimum absolute atomic E-state index is 0.825. The normalized spacial score (nSPS) is 16.3. The van der Waals surface area contributed by atoms with E-state index in [9.17, 15) is 0 Å². The molecule has 3 unspecified atom stereocenters. The molecule has 0 bridgehead atoms. The number of hydrogen-bond donors (Lipinski definition) is 0. The standard InChI is InChI=1S/C14H29/c1-7-10-14(11(4)5)12(6)13(8-2)9-3/h11-14H,2,7-10H2,1,3-6H3. The Bertz CT molecular complexity index is 122. The van der Waals surface area contributed by atoms with Gasteiger partial charge in [0.1, 0.15) is 0 Å². The Morgan fingerprint density at radius 1 is 1.07 bits per heavy atom. The predicted molar refractivity (Wildman–Crippen MR) is 66.2 cm³/mol. The van der Waals surface area contributed by atoms with Crippen LogP contribution >= 0.6 is 0 Å². The van der Waals surface area contributed by atoms with Crippen LogP contribution in [0, 0.1) is 30.6 Å². The van der Waals surface area contributed by atoms with Gasteiger partial charge in [-0.05, 0) is 23.7 Å². The third kappa shape index (κ3) is 4.02. The minimum Gasteiger partial charge on any atom is -0.0654 e. The summed E-state index contributed by atoms with van der Waals surface area (Å²) in [4.78, 5) is 0. The summed E-state index contributed by atoms with van der Waals surface area (Å²) in [5, 5.41) is 0. The van der Waals surface area contributed by atoms with Crippen LogP contribution in [0.1, 0.15) is 60.3 Å². The van der Waals surface area contributed by atoms with Gasteiger partial charge in [0, 0.05) is 0 Å². The third-order valence-electron chi connectivity index (χ3n) is 3.79. The molecule has 0 spiro atoms. The van der Waals surface area contributed by atoms with E-state index in [2.05, 4.69) is 41.5 Å². The Morgan fingerprint density at radius 2 is 1.64 bits per heavy atom. The average Bonchev–Trinajstić information content (AvgIpc) is 2.15. The average molecular weight is 197 g/mol. The van der Waals surface area contributed by atoms with Gasteiger partial charge in [-0.15, -0.1) is 0 Å². The molecule has 0 aliphatic carbocycles. The first kappa shape index (κ1) is 14.0. The summed E-state index contributed by atoms with van der Waals surface area (Å²) in [6.07, 6.45) is 5.10. The molecule has 0 aliphatic rings. The number of hydrogen-bond acceptors (Lipinski definition) is 0. The predicted octanol–water partition coefficient (Wildman–Crippen LogP) is 4.95. The second kappa shape index (κ2) is 7.31. The maximum atomic E-state index is 4.08. The van der Waals surface area contributed by atoms with E-state index in [1.807, 2.05) is 0 Å². The van der Waals surface area contributed by atoms with Crippen molar-refractivity contribution < 1.29 is 0 Å². The molecule has 0 saturated carbocycles. The molecule has 1 radical (unpaired) electrons. The molecule has 0 rings (SSSR count). The van der Waals surface area contributed by atoms with Crippen LogP contribution in [0.2, 0.25) is 0 Å². The maximum Gasteiger partial charge on any atom is -0.0363 e. The Balaban J connectivity index is 4.32. The van der Waals surface area contributed by atoms with Crippen molar-refractivity contribution in [2.75, 3.05) is 0 Å². The number of rotatable bonds is 7. The smallest absolute Gasteiger partial charge is 0.0363 e. The summed E-state index contributed by atoms with van der Waals surface area (Å²) in [5.74, 6) is 3.39. The Kier molecular flexibility index (Phi) is 7.31. The zero-order chi connectivity index (χ0) is 11.1. The highest BCUT2D eigenvalue weighted by atomic mass is 14.3. The van der Waals surface area contributed by atoms with Gasteiger partial charge in [-0.1, -0.05) is 67.2 Å². The van der Waals surface area contributed by atoms with Crippen LogP contribution in [0.5, 0.6) is 0 Å². The largest absolute Gasteiger partial charge is 0.0654 e. The van der Waals surface area contributed by atoms with Crippen LogP contribution in [0.4, 0.5) is 0 Å². The van der Waals surface area contributed by atoms with Crippen molar-refractivity contribution in [1.82, 2.24) is 0 Å². The molecule has 0 heterocycles. The molecule has 85 valence electrons. The van der Waals surface area contributed by atoms with Gasteiger partial charge in [0.2, 0.25) is 0 Å². The van der Waals surface area contributed by atoms with Crippen molar-refractivity contribution in [3.63, 3.8) is 0 Å². The van der Waals surface area contributed by atoms with Gasteiger partial charge in [-0.2, -0.15) is 0 Å². The van der Waals surface area contributed by atoms with E-state index in [1.54, 1.807) is 0 Å². The lowest BCUT2D eigenvalue weighted by Gasteiger charge is -2.32. The first-order valence-corrected chi connectivity index (χ1v) is 6.37. The summed E-state index contributed by atoms with van der Waals surface area (Å²) in [7, 11) is 0. The lowest BCUT2D eigenvalue weighted by molar-refractivity contribution is 0.177. The van der Waals surface area contributed by atoms with E-state index in [-0.39, 0.29) is 0 Å². The summed E-state index contributed by atoms with van der Waals surface area (Å²) in [6, 6.07) is 0. The van der Waals surface area contributed by atoms with E-state index >= 15 is 0 Å². The fourth-order valence-corrected chi connectivity index (χ4v) is 2.73. The molecule has 0 fully saturated rings. The highest BCUT2D eigenvalue weighted by Crippen LogP contribution is 2.33. The van der Waals surface area contributed by atoms with Crippen LogP contribution < -0.4 is 0 Å². The van der Waals surface area contributed by atoms with E-state index in [1.165, 1.54) is 19.3 Å². The van der Waals surface area contributed by atoms with Crippen molar-refractivity contribution in [3.8, 4) is 0 Å². The summed E-state index contributed by atoms with van der Waals surface area (Å²) in [6.45, 7) is 15.8. The second-order valence-electron chi connectivity index (χ2n) is 5.01. The molecular formula is C14H29. The van der Waals surface area contributed by atoms with Crippen LogP contribution in [0.15, 0.2) is 0 Å². The molecule has 0 saturated heterocycles. The van der Waals surface area contributed by atoms with Gasteiger partial charge in [-0.25, -0.2) is 0 Å². The SMILES string of the molecule is [CH2]CC(CC)C(C)C(CCC)C(C)C. The summed E-state index contributed by atoms with van der Waals surface area (Å²) in [5.41, 5.74) is 0. The second-order valence-corrected chi connectivity index (χ2v) is 5.01. The van der Waals surface area contributed by atoms with E-state index in [4.69, 9.17) is 0 Å². The summed E-state index contributed by atoms with van der Waals surface area (Å²) >= 11 is 0. The zero-order valence-electron chi connectivity index (χ0n) is 10.8. The minimum atomic E-state index is 0.825. The highest BCUT2D eigenvalue weighted by Gasteiger charge is 2.24. The molecule has 3 atom stereocenters. The van der Waals surface area contributed by atoms with Crippen LogP contribution in [-0.4, -0.2) is 0 Å². The Morgan fingerprint density at radius 3 is 1.93 bits per heavy atom. The maximum absolute atomic E-state index is 4.08. The monoisotopic (exact) mass is 197 g/mol. The van der Waals surface area contributed by atoms with Crippen LogP contribution in [-0.2, 0) is 0 Å². The Hall–Kier alpha value is 0. The molecule has 0 heteroatoms. The lowest BCUT2D eigenvalue weighted by atomic mass is 9.73. The quantitative estimate of drug-likeness (QED) is 0.542. The Labute approximate surface area is 91.5 Å². The van der Waals surface area contributed by atoms with Crippen molar-refractivity contribution in [2.45, 2.75) is 60.3 Å². The lowest BCUT2D eigenvalue weighted by Crippen LogP contribution is -2.24. The van der Waals surface area contributed by atoms with Gasteiger partial charge in [0.05, 0.1) is 0 Å². The molecule has 0 amide bonds. The third-order valence-corrected chi connectivity index (χ3v) is 3.79. The van der Waals surface area contributed by atoms with Crippen molar-refractivity contribution in [2.24, 2.45) is 23.7 Å². The zero-order valence-corrected chi connectivity index (χ0v) is 10.8. The molecule has 0 aromatic heterocycles. The molecule has 0 aliphatic heterocycles. The first-order valence-electron chi connectivity index (χ1n) is 6.37. The fourth-order valence-electron chi connectivity index (χ4n) is 2.73. The first-order chi connectivity index (χ1) is 6.58. The summed E-state index contributed by atoms with van der Waals surface area (Å²) < 4.78 is 0. The van der Waals surface area contributed by atoms with E-state index in [0.29, 0.717) is 0 Å². The molecule has 0 nitrogen and oxygen atoms in total. The molecule has 0 aromatic carbocycles. The van der Waals surface area contributed by atoms with E-state index < -0.39 is 0 Å². The van der Waals surface area contributed by atoms with Crippen LogP contribution in [0.3, 0.4) is 0 Å². The van der Waals surface area contributed by atoms with Crippen LogP contribution in [0.25, 0.3) is 0 Å². The van der Waals surface area contributed by atoms with Gasteiger partial charge in [-0.3, -0.25) is 0 Å². The highest BCUT2D eigenvalue weighted by molar-refractivity contribution is 4.76. The topological polar surface area (TPSA) is 0 Å². The van der Waals surface area contributed by atoms with Crippen molar-refractivity contribution in [3.05, 3.63) is 6.92 Å². The molecule has 14 heavy (non-hydrogen) atoms. The van der Waals surface area contributed by atoms with Gasteiger partial charge < -0.3 is 0 Å². The van der Waals surface area contributed by atoms with Crippen molar-refractivity contribution >= 4 is 0 Å². The molecular weight excluding hydrogens is 168 g/mol.